The van der Waals surface area contributed by atoms with Gasteiger partial charge in [-0.2, -0.15) is 0 Å². The number of rotatable bonds is 6. The lowest BCUT2D eigenvalue weighted by atomic mass is 10.1. The number of nitrogens with one attached hydrogen (secondary N) is 1. The van der Waals surface area contributed by atoms with Gasteiger partial charge in [-0.25, -0.2) is 17.4 Å². The van der Waals surface area contributed by atoms with E-state index in [1.54, 1.807) is 49.8 Å². The maximum Gasteiger partial charge on any atom is 0.269 e. The second-order valence-electron chi connectivity index (χ2n) is 9.23. The van der Waals surface area contributed by atoms with Crippen molar-refractivity contribution in [3.8, 4) is 5.75 Å². The van der Waals surface area contributed by atoms with Gasteiger partial charge in [-0.15, -0.1) is 10.2 Å². The number of anilines is 1. The third-order valence-corrected chi connectivity index (χ3v) is 8.58. The summed E-state index contributed by atoms with van der Waals surface area (Å²) in [5, 5.41) is 12.4. The van der Waals surface area contributed by atoms with E-state index < -0.39 is 10.0 Å². The summed E-state index contributed by atoms with van der Waals surface area (Å²) < 4.78 is 35.1. The molecule has 0 bridgehead atoms. The summed E-state index contributed by atoms with van der Waals surface area (Å²) in [6.07, 6.45) is 6.00. The first-order chi connectivity index (χ1) is 17.4. The fourth-order valence-corrected chi connectivity index (χ4v) is 6.30. The minimum Gasteiger partial charge on any atom is -0.497 e. The lowest BCUT2D eigenvalue weighted by Crippen LogP contribution is -2.15. The van der Waals surface area contributed by atoms with E-state index in [9.17, 15) is 8.42 Å². The normalized spacial score (nSPS) is 18.2. The van der Waals surface area contributed by atoms with Gasteiger partial charge in [-0.3, -0.25) is 4.40 Å². The van der Waals surface area contributed by atoms with Gasteiger partial charge in [0.1, 0.15) is 11.6 Å². The summed E-state index contributed by atoms with van der Waals surface area (Å²) in [5.41, 5.74) is 3.69. The Balaban J connectivity index is 1.32. The zero-order chi connectivity index (χ0) is 24.9. The van der Waals surface area contributed by atoms with Crippen LogP contribution < -0.4 is 10.1 Å². The van der Waals surface area contributed by atoms with Crippen molar-refractivity contribution < 1.29 is 13.2 Å². The molecular formula is C26H26N6O3S. The summed E-state index contributed by atoms with van der Waals surface area (Å²) in [6.45, 7) is 1.92. The third-order valence-electron chi connectivity index (χ3n) is 6.90. The van der Waals surface area contributed by atoms with Crippen molar-refractivity contribution in [1.29, 1.82) is 0 Å². The van der Waals surface area contributed by atoms with Gasteiger partial charge < -0.3 is 10.1 Å². The fourth-order valence-electron chi connectivity index (χ4n) is 5.00. The van der Waals surface area contributed by atoms with Crippen molar-refractivity contribution in [2.24, 2.45) is 0 Å². The molecule has 5 aromatic rings. The van der Waals surface area contributed by atoms with Crippen LogP contribution >= 0.6 is 0 Å². The summed E-state index contributed by atoms with van der Waals surface area (Å²) >= 11 is 0. The quantitative estimate of drug-likeness (QED) is 0.367. The van der Waals surface area contributed by atoms with Crippen molar-refractivity contribution in [2.75, 3.05) is 12.4 Å². The Morgan fingerprint density at radius 1 is 1.00 bits per heavy atom. The Morgan fingerprint density at radius 2 is 1.78 bits per heavy atom. The van der Waals surface area contributed by atoms with Gasteiger partial charge in [0.05, 0.1) is 23.7 Å². The summed E-state index contributed by atoms with van der Waals surface area (Å²) in [6, 6.07) is 16.8. The number of benzene rings is 2. The number of methoxy groups -OCH3 is 1. The number of fused-ring (bicyclic) bond motifs is 3. The second kappa shape index (κ2) is 8.63. The van der Waals surface area contributed by atoms with Gasteiger partial charge in [0.15, 0.2) is 11.3 Å². The molecule has 1 fully saturated rings. The summed E-state index contributed by atoms with van der Waals surface area (Å²) in [7, 11) is -2.13. The summed E-state index contributed by atoms with van der Waals surface area (Å²) in [4.78, 5) is 4.66. The van der Waals surface area contributed by atoms with E-state index in [1.807, 2.05) is 35.6 Å². The largest absolute Gasteiger partial charge is 0.497 e. The highest BCUT2D eigenvalue weighted by molar-refractivity contribution is 7.90. The minimum atomic E-state index is -3.79. The van der Waals surface area contributed by atoms with Gasteiger partial charge in [0.2, 0.25) is 0 Å². The topological polar surface area (TPSA) is 103 Å². The predicted octanol–water partition coefficient (Wildman–Crippen LogP) is 4.38. The smallest absolute Gasteiger partial charge is 0.269 e. The van der Waals surface area contributed by atoms with Crippen LogP contribution in [-0.4, -0.2) is 45.1 Å². The first kappa shape index (κ1) is 22.5. The van der Waals surface area contributed by atoms with E-state index in [4.69, 9.17) is 4.74 Å². The average molecular weight is 503 g/mol. The Labute approximate surface area is 208 Å². The first-order valence-electron chi connectivity index (χ1n) is 11.9. The Morgan fingerprint density at radius 3 is 2.53 bits per heavy atom. The maximum absolute atomic E-state index is 13.4. The SMILES string of the molecule is COc1ccc(N[C@@H]2CC[C@@H](c3nnc4cnc5c(ccn5S(=O)(=O)c5ccc(C)cc5)n34)C2)cc1. The van der Waals surface area contributed by atoms with E-state index in [0.717, 1.165) is 42.1 Å². The molecule has 184 valence electrons. The molecule has 1 N–H and O–H groups in total. The zero-order valence-electron chi connectivity index (χ0n) is 20.0. The van der Waals surface area contributed by atoms with Gasteiger partial charge in [0.25, 0.3) is 10.0 Å². The van der Waals surface area contributed by atoms with Gasteiger partial charge in [0, 0.05) is 23.8 Å². The lowest BCUT2D eigenvalue weighted by Gasteiger charge is -2.15. The van der Waals surface area contributed by atoms with Crippen molar-refractivity contribution >= 4 is 32.5 Å². The van der Waals surface area contributed by atoms with E-state index in [1.165, 1.54) is 3.97 Å². The van der Waals surface area contributed by atoms with E-state index in [2.05, 4.69) is 20.5 Å². The lowest BCUT2D eigenvalue weighted by molar-refractivity contribution is 0.415. The Bertz CT molecular complexity index is 1660. The number of nitrogens with zero attached hydrogens (tertiary/aromatic N) is 5. The fraction of sp³-hybridized carbons (Fsp3) is 0.269. The molecule has 0 radical (unpaired) electrons. The third kappa shape index (κ3) is 3.78. The van der Waals surface area contributed by atoms with Crippen LogP contribution in [0.4, 0.5) is 5.69 Å². The van der Waals surface area contributed by atoms with Crippen LogP contribution in [0.3, 0.4) is 0 Å². The highest BCUT2D eigenvalue weighted by Gasteiger charge is 2.30. The molecule has 10 heteroatoms. The molecule has 1 aliphatic carbocycles. The molecule has 0 amide bonds. The van der Waals surface area contributed by atoms with Gasteiger partial charge >= 0.3 is 0 Å². The molecule has 3 aromatic heterocycles. The molecule has 0 unspecified atom stereocenters. The maximum atomic E-state index is 13.4. The molecule has 0 spiro atoms. The molecule has 1 saturated carbocycles. The molecule has 2 aromatic carbocycles. The standard InChI is InChI=1S/C26H26N6O3S/c1-17-3-11-22(12-4-17)36(33,34)31-14-13-23-26(31)27-16-24-29-30-25(32(23)24)18-5-6-20(15-18)28-19-7-9-21(35-2)10-8-19/h3-4,7-14,16,18,20,28H,5-6,15H2,1-2H3/t18-,20-/m1/s1. The predicted molar refractivity (Wildman–Crippen MR) is 137 cm³/mol. The average Bonchev–Trinajstić information content (AvgIpc) is 3.62. The van der Waals surface area contributed by atoms with Crippen LogP contribution in [0.1, 0.15) is 36.6 Å². The molecular weight excluding hydrogens is 476 g/mol. The van der Waals surface area contributed by atoms with E-state index in [-0.39, 0.29) is 10.8 Å². The highest BCUT2D eigenvalue weighted by atomic mass is 32.2. The summed E-state index contributed by atoms with van der Waals surface area (Å²) in [5.74, 6) is 1.86. The number of hydrogen-bond acceptors (Lipinski definition) is 7. The van der Waals surface area contributed by atoms with E-state index in [0.29, 0.717) is 22.9 Å². The van der Waals surface area contributed by atoms with Crippen LogP contribution in [0.15, 0.2) is 71.9 Å². The first-order valence-corrected chi connectivity index (χ1v) is 13.3. The molecule has 0 saturated heterocycles. The molecule has 3 heterocycles. The van der Waals surface area contributed by atoms with Crippen LogP contribution in [-0.2, 0) is 10.0 Å². The molecule has 36 heavy (non-hydrogen) atoms. The number of hydrogen-bond donors (Lipinski definition) is 1. The van der Waals surface area contributed by atoms with Crippen LogP contribution in [0.5, 0.6) is 5.75 Å². The monoisotopic (exact) mass is 502 g/mol. The van der Waals surface area contributed by atoms with Crippen molar-refractivity contribution in [1.82, 2.24) is 23.6 Å². The van der Waals surface area contributed by atoms with Crippen molar-refractivity contribution in [3.05, 3.63) is 78.4 Å². The number of aromatic nitrogens is 5. The van der Waals surface area contributed by atoms with Crippen molar-refractivity contribution in [3.63, 3.8) is 0 Å². The zero-order valence-corrected chi connectivity index (χ0v) is 20.8. The second-order valence-corrected chi connectivity index (χ2v) is 11.0. The Kier molecular flexibility index (Phi) is 5.40. The molecule has 0 aliphatic heterocycles. The van der Waals surface area contributed by atoms with Crippen LogP contribution in [0.2, 0.25) is 0 Å². The van der Waals surface area contributed by atoms with Crippen LogP contribution in [0, 0.1) is 6.92 Å². The van der Waals surface area contributed by atoms with Gasteiger partial charge in [-0.1, -0.05) is 17.7 Å². The van der Waals surface area contributed by atoms with Crippen molar-refractivity contribution in [2.45, 2.75) is 43.0 Å². The Hall–Kier alpha value is -3.92. The minimum absolute atomic E-state index is 0.193. The van der Waals surface area contributed by atoms with Crippen LogP contribution in [0.25, 0.3) is 16.8 Å². The molecule has 9 nitrogen and oxygen atoms in total. The van der Waals surface area contributed by atoms with Gasteiger partial charge in [-0.05, 0) is 68.7 Å². The molecule has 1 aliphatic rings. The highest BCUT2D eigenvalue weighted by Crippen LogP contribution is 2.36. The molecule has 6 rings (SSSR count). The number of ether oxygens (including phenoxy) is 1. The van der Waals surface area contributed by atoms with E-state index >= 15 is 0 Å². The molecule has 2 atom stereocenters. The number of aryl methyl sites for hydroxylation is 1.